The summed E-state index contributed by atoms with van der Waals surface area (Å²) in [5.41, 5.74) is 8.39. The Morgan fingerprint density at radius 2 is 0.837 bits per heavy atom. The molecule has 0 aliphatic carbocycles. The molecule has 0 bridgehead atoms. The molecule has 0 spiro atoms. The van der Waals surface area contributed by atoms with Crippen LogP contribution in [0.5, 0.6) is 0 Å². The molecule has 0 amide bonds. The Balaban J connectivity index is 1.22. The molecule has 4 heterocycles. The fourth-order valence-electron chi connectivity index (χ4n) is 8.20. The van der Waals surface area contributed by atoms with E-state index < -0.39 is 0 Å². The van der Waals surface area contributed by atoms with Gasteiger partial charge in [-0.2, -0.15) is 10.5 Å². The zero-order valence-electron chi connectivity index (χ0n) is 25.8. The molecule has 4 aromatic heterocycles. The molecule has 7 aromatic carbocycles. The highest BCUT2D eigenvalue weighted by Gasteiger charge is 2.23. The van der Waals surface area contributed by atoms with Gasteiger partial charge in [-0.3, -0.25) is 0 Å². The van der Waals surface area contributed by atoms with Gasteiger partial charge >= 0.3 is 0 Å². The van der Waals surface area contributed by atoms with Gasteiger partial charge < -0.3 is 4.40 Å². The van der Waals surface area contributed by atoms with Crippen molar-refractivity contribution >= 4 is 101 Å². The van der Waals surface area contributed by atoms with E-state index in [1.165, 1.54) is 40.3 Å². The van der Waals surface area contributed by atoms with Crippen LogP contribution in [0.25, 0.3) is 101 Å². The van der Waals surface area contributed by atoms with Crippen LogP contribution in [0, 0.1) is 22.7 Å². The van der Waals surface area contributed by atoms with Crippen LogP contribution in [0.15, 0.2) is 127 Å². The Morgan fingerprint density at radius 3 is 1.33 bits per heavy atom. The van der Waals surface area contributed by atoms with E-state index in [4.69, 9.17) is 0 Å². The Morgan fingerprint density at radius 1 is 0.408 bits per heavy atom. The summed E-state index contributed by atoms with van der Waals surface area (Å²) < 4.78 is 7.19. The lowest BCUT2D eigenvalue weighted by Gasteiger charge is -2.10. The zero-order chi connectivity index (χ0) is 32.4. The summed E-state index contributed by atoms with van der Waals surface area (Å²) in [6.45, 7) is 0. The van der Waals surface area contributed by atoms with Crippen molar-refractivity contribution in [2.24, 2.45) is 0 Å². The minimum Gasteiger partial charge on any atom is -0.308 e. The van der Waals surface area contributed by atoms with Crippen LogP contribution >= 0.6 is 22.7 Å². The molecule has 0 aliphatic heterocycles. The Hall–Kier alpha value is -6.24. The summed E-state index contributed by atoms with van der Waals surface area (Å²) in [5.74, 6) is 0. The van der Waals surface area contributed by atoms with Crippen molar-refractivity contribution in [3.8, 4) is 34.4 Å². The van der Waals surface area contributed by atoms with E-state index in [9.17, 15) is 10.5 Å². The maximum atomic E-state index is 10.6. The first kappa shape index (κ1) is 26.8. The Labute approximate surface area is 287 Å². The molecule has 0 saturated carbocycles. The molecule has 5 heteroatoms. The molecule has 0 fully saturated rings. The molecule has 0 N–H and O–H groups in total. The van der Waals surface area contributed by atoms with Gasteiger partial charge in [-0.05, 0) is 59.7 Å². The van der Waals surface area contributed by atoms with Gasteiger partial charge in [0, 0.05) is 73.0 Å². The standard InChI is InChI=1S/C44H21N3S2/c45-22-24-18-36-34(20-32(24)26-10-6-16-40-42(26)30-8-1-3-14-38(30)48-40)28-12-5-13-29-35-21-33(25(23-46)19-37(35)47(36)44(28)29)27-11-7-17-41-43(27)31-9-2-4-15-39(31)49-41/h1-21H. The molecule has 11 aromatic rings. The van der Waals surface area contributed by atoms with Crippen molar-refractivity contribution < 1.29 is 0 Å². The molecule has 0 radical (unpaired) electrons. The third-order valence-corrected chi connectivity index (χ3v) is 12.5. The van der Waals surface area contributed by atoms with E-state index >= 15 is 0 Å². The number of nitrogens with zero attached hydrogens (tertiary/aromatic N) is 3. The van der Waals surface area contributed by atoms with Crippen LogP contribution in [-0.2, 0) is 0 Å². The normalized spacial score (nSPS) is 12.0. The van der Waals surface area contributed by atoms with Crippen molar-refractivity contribution in [1.29, 1.82) is 10.5 Å². The van der Waals surface area contributed by atoms with Gasteiger partial charge in [0.15, 0.2) is 0 Å². The average molecular weight is 656 g/mol. The summed E-state index contributed by atoms with van der Waals surface area (Å²) in [4.78, 5) is 0. The van der Waals surface area contributed by atoms with E-state index in [-0.39, 0.29) is 0 Å². The minimum absolute atomic E-state index is 0.637. The molecule has 3 nitrogen and oxygen atoms in total. The highest BCUT2D eigenvalue weighted by Crippen LogP contribution is 2.47. The average Bonchev–Trinajstić information content (AvgIpc) is 3.90. The maximum absolute atomic E-state index is 10.6. The lowest BCUT2D eigenvalue weighted by atomic mass is 9.93. The second-order valence-electron chi connectivity index (χ2n) is 12.6. The Kier molecular flexibility index (Phi) is 5.28. The highest BCUT2D eigenvalue weighted by molar-refractivity contribution is 7.26. The largest absolute Gasteiger partial charge is 0.308 e. The SMILES string of the molecule is N#Cc1cc2c(cc1-c1cccc3sc4ccccc4c13)c1cccc3c4cc(-c5cccc6sc7ccccc7c56)c(C#N)cc4n2c13. The first-order valence-corrected chi connectivity index (χ1v) is 17.8. The van der Waals surface area contributed by atoms with E-state index in [2.05, 4.69) is 144 Å². The number of para-hydroxylation sites is 1. The number of hydrogen-bond acceptors (Lipinski definition) is 4. The molecular weight excluding hydrogens is 635 g/mol. The summed E-state index contributed by atoms with van der Waals surface area (Å²) in [6.07, 6.45) is 0. The lowest BCUT2D eigenvalue weighted by Crippen LogP contribution is -1.90. The van der Waals surface area contributed by atoms with Crippen molar-refractivity contribution in [2.75, 3.05) is 0 Å². The lowest BCUT2D eigenvalue weighted by molar-refractivity contribution is 1.36. The molecule has 11 rings (SSSR count). The van der Waals surface area contributed by atoms with Crippen LogP contribution in [-0.4, -0.2) is 4.40 Å². The molecular formula is C44H21N3S2. The first-order valence-electron chi connectivity index (χ1n) is 16.1. The summed E-state index contributed by atoms with van der Waals surface area (Å²) in [7, 11) is 0. The third kappa shape index (κ3) is 3.48. The predicted octanol–water partition coefficient (Wildman–Crippen LogP) is 12.6. The second-order valence-corrected chi connectivity index (χ2v) is 14.8. The first-order chi connectivity index (χ1) is 24.2. The van der Waals surface area contributed by atoms with E-state index in [0.717, 1.165) is 60.3 Å². The van der Waals surface area contributed by atoms with Crippen molar-refractivity contribution in [3.63, 3.8) is 0 Å². The highest BCUT2D eigenvalue weighted by atomic mass is 32.1. The summed E-state index contributed by atoms with van der Waals surface area (Å²) in [6, 6.07) is 50.0. The number of nitriles is 2. The van der Waals surface area contributed by atoms with Gasteiger partial charge in [0.25, 0.3) is 0 Å². The van der Waals surface area contributed by atoms with Crippen molar-refractivity contribution in [2.45, 2.75) is 0 Å². The molecule has 0 saturated heterocycles. The number of rotatable bonds is 2. The smallest absolute Gasteiger partial charge is 0.0998 e. The second kappa shape index (κ2) is 9.66. The number of aromatic nitrogens is 1. The van der Waals surface area contributed by atoms with Gasteiger partial charge in [-0.15, -0.1) is 22.7 Å². The van der Waals surface area contributed by atoms with Gasteiger partial charge in [0.1, 0.15) is 0 Å². The van der Waals surface area contributed by atoms with Crippen molar-refractivity contribution in [1.82, 2.24) is 4.40 Å². The molecule has 0 atom stereocenters. The molecule has 49 heavy (non-hydrogen) atoms. The van der Waals surface area contributed by atoms with E-state index in [0.29, 0.717) is 11.1 Å². The number of fused-ring (bicyclic) bond motifs is 12. The fourth-order valence-corrected chi connectivity index (χ4v) is 10.5. The predicted molar refractivity (Wildman–Crippen MR) is 207 cm³/mol. The topological polar surface area (TPSA) is 52.0 Å². The molecule has 0 aliphatic rings. The third-order valence-electron chi connectivity index (χ3n) is 10.2. The number of thiophene rings is 2. The number of hydrogen-bond donors (Lipinski definition) is 0. The van der Waals surface area contributed by atoms with Crippen LogP contribution in [0.1, 0.15) is 11.1 Å². The Bertz CT molecular complexity index is 3090. The van der Waals surface area contributed by atoms with E-state index in [1.807, 2.05) is 0 Å². The monoisotopic (exact) mass is 655 g/mol. The zero-order valence-corrected chi connectivity index (χ0v) is 27.4. The summed E-state index contributed by atoms with van der Waals surface area (Å²) >= 11 is 3.58. The maximum Gasteiger partial charge on any atom is 0.0998 e. The van der Waals surface area contributed by atoms with Crippen LogP contribution in [0.2, 0.25) is 0 Å². The van der Waals surface area contributed by atoms with Gasteiger partial charge in [-0.25, -0.2) is 0 Å². The van der Waals surface area contributed by atoms with Gasteiger partial charge in [0.05, 0.1) is 39.8 Å². The quantitative estimate of drug-likeness (QED) is 0.186. The van der Waals surface area contributed by atoms with E-state index in [1.54, 1.807) is 22.7 Å². The van der Waals surface area contributed by atoms with Crippen LogP contribution in [0.4, 0.5) is 0 Å². The minimum atomic E-state index is 0.637. The summed E-state index contributed by atoms with van der Waals surface area (Å²) in [5, 5.41) is 30.5. The van der Waals surface area contributed by atoms with Crippen LogP contribution < -0.4 is 0 Å². The van der Waals surface area contributed by atoms with Gasteiger partial charge in [-0.1, -0.05) is 78.9 Å². The van der Waals surface area contributed by atoms with Gasteiger partial charge in [0.2, 0.25) is 0 Å². The molecule has 0 unspecified atom stereocenters. The van der Waals surface area contributed by atoms with Crippen molar-refractivity contribution in [3.05, 3.63) is 139 Å². The molecule has 224 valence electrons. The fraction of sp³-hybridized carbons (Fsp3) is 0. The number of benzene rings is 7. The van der Waals surface area contributed by atoms with Crippen LogP contribution in [0.3, 0.4) is 0 Å².